The molecule has 1 fully saturated rings. The standard InChI is InChI=1S/C7H14O6S/c1-4-3-5(13-14(2,10)11)6(8)7(9)12-4/h4-9H,3H2,1-2H3/t4-,5+,6-,7+/m1/s1. The summed E-state index contributed by atoms with van der Waals surface area (Å²) in [6, 6.07) is 0. The second-order valence-electron chi connectivity index (χ2n) is 3.40. The quantitative estimate of drug-likeness (QED) is 0.576. The third-order valence-corrected chi connectivity index (χ3v) is 2.50. The first kappa shape index (κ1) is 11.9. The first-order chi connectivity index (χ1) is 6.29. The lowest BCUT2D eigenvalue weighted by atomic mass is 10.0. The molecule has 14 heavy (non-hydrogen) atoms. The Morgan fingerprint density at radius 1 is 1.43 bits per heavy atom. The average molecular weight is 226 g/mol. The van der Waals surface area contributed by atoms with Crippen LogP contribution in [0.4, 0.5) is 0 Å². The van der Waals surface area contributed by atoms with Crippen molar-refractivity contribution in [1.82, 2.24) is 0 Å². The molecule has 0 aromatic heterocycles. The molecule has 0 aliphatic carbocycles. The molecule has 4 atom stereocenters. The van der Waals surface area contributed by atoms with Crippen molar-refractivity contribution in [3.63, 3.8) is 0 Å². The van der Waals surface area contributed by atoms with Gasteiger partial charge in [0, 0.05) is 6.42 Å². The lowest BCUT2D eigenvalue weighted by Crippen LogP contribution is -2.49. The van der Waals surface area contributed by atoms with Crippen LogP contribution < -0.4 is 0 Å². The Balaban J connectivity index is 2.67. The third-order valence-electron chi connectivity index (χ3n) is 1.91. The molecule has 1 rings (SSSR count). The van der Waals surface area contributed by atoms with E-state index in [0.717, 1.165) is 6.26 Å². The van der Waals surface area contributed by atoms with Crippen LogP contribution >= 0.6 is 0 Å². The highest BCUT2D eigenvalue weighted by molar-refractivity contribution is 7.86. The van der Waals surface area contributed by atoms with Crippen molar-refractivity contribution in [2.24, 2.45) is 0 Å². The summed E-state index contributed by atoms with van der Waals surface area (Å²) >= 11 is 0. The van der Waals surface area contributed by atoms with Gasteiger partial charge in [-0.15, -0.1) is 0 Å². The summed E-state index contributed by atoms with van der Waals surface area (Å²) in [7, 11) is -3.63. The predicted molar refractivity (Wildman–Crippen MR) is 46.9 cm³/mol. The maximum atomic E-state index is 10.8. The van der Waals surface area contributed by atoms with Crippen LogP contribution in [-0.2, 0) is 19.0 Å². The number of aliphatic hydroxyl groups is 2. The molecular weight excluding hydrogens is 212 g/mol. The van der Waals surface area contributed by atoms with Gasteiger partial charge >= 0.3 is 0 Å². The number of aliphatic hydroxyl groups excluding tert-OH is 2. The van der Waals surface area contributed by atoms with Gasteiger partial charge in [-0.25, -0.2) is 0 Å². The minimum absolute atomic E-state index is 0.227. The average Bonchev–Trinajstić information content (AvgIpc) is 1.96. The predicted octanol–water partition coefficient (Wildman–Crippen LogP) is -1.18. The Morgan fingerprint density at radius 3 is 2.50 bits per heavy atom. The van der Waals surface area contributed by atoms with Crippen molar-refractivity contribution in [3.8, 4) is 0 Å². The summed E-state index contributed by atoms with van der Waals surface area (Å²) in [6.45, 7) is 1.66. The molecule has 84 valence electrons. The number of ether oxygens (including phenoxy) is 1. The van der Waals surface area contributed by atoms with E-state index in [4.69, 9.17) is 9.84 Å². The molecule has 1 aliphatic rings. The van der Waals surface area contributed by atoms with Crippen molar-refractivity contribution in [2.45, 2.75) is 37.9 Å². The molecular formula is C7H14O6S. The van der Waals surface area contributed by atoms with Gasteiger partial charge in [0.1, 0.15) is 12.2 Å². The van der Waals surface area contributed by atoms with Gasteiger partial charge in [-0.05, 0) is 6.92 Å². The second kappa shape index (κ2) is 4.11. The normalized spacial score (nSPS) is 39.7. The SMILES string of the molecule is C[C@@H]1C[C@H](OS(C)(=O)=O)[C@@H](O)[C@@H](O)O1. The maximum Gasteiger partial charge on any atom is 0.264 e. The molecule has 0 saturated carbocycles. The molecule has 2 N–H and O–H groups in total. The Labute approximate surface area is 82.6 Å². The van der Waals surface area contributed by atoms with E-state index in [9.17, 15) is 13.5 Å². The first-order valence-electron chi connectivity index (χ1n) is 4.19. The largest absolute Gasteiger partial charge is 0.385 e. The Kier molecular flexibility index (Phi) is 3.49. The van der Waals surface area contributed by atoms with Crippen LogP contribution in [0.5, 0.6) is 0 Å². The Hall–Kier alpha value is -0.210. The van der Waals surface area contributed by atoms with E-state index in [0.29, 0.717) is 0 Å². The molecule has 0 amide bonds. The zero-order valence-corrected chi connectivity index (χ0v) is 8.77. The number of rotatable bonds is 2. The van der Waals surface area contributed by atoms with E-state index >= 15 is 0 Å². The van der Waals surface area contributed by atoms with Gasteiger partial charge in [0.2, 0.25) is 0 Å². The summed E-state index contributed by atoms with van der Waals surface area (Å²) in [4.78, 5) is 0. The molecule has 0 bridgehead atoms. The smallest absolute Gasteiger partial charge is 0.264 e. The van der Waals surface area contributed by atoms with E-state index < -0.39 is 28.6 Å². The highest BCUT2D eigenvalue weighted by Gasteiger charge is 2.37. The van der Waals surface area contributed by atoms with E-state index in [1.54, 1.807) is 6.92 Å². The Morgan fingerprint density at radius 2 is 2.00 bits per heavy atom. The van der Waals surface area contributed by atoms with E-state index in [2.05, 4.69) is 4.18 Å². The molecule has 6 nitrogen and oxygen atoms in total. The van der Waals surface area contributed by atoms with Crippen LogP contribution in [-0.4, -0.2) is 49.5 Å². The second-order valence-corrected chi connectivity index (χ2v) is 5.00. The van der Waals surface area contributed by atoms with E-state index in [-0.39, 0.29) is 12.5 Å². The van der Waals surface area contributed by atoms with Gasteiger partial charge in [0.05, 0.1) is 12.4 Å². The van der Waals surface area contributed by atoms with Crippen LogP contribution in [0.1, 0.15) is 13.3 Å². The summed E-state index contributed by atoms with van der Waals surface area (Å²) < 4.78 is 31.1. The fraction of sp³-hybridized carbons (Fsp3) is 1.00. The van der Waals surface area contributed by atoms with Gasteiger partial charge in [-0.3, -0.25) is 4.18 Å². The monoisotopic (exact) mass is 226 g/mol. The molecule has 1 aliphatic heterocycles. The summed E-state index contributed by atoms with van der Waals surface area (Å²) in [5, 5.41) is 18.5. The van der Waals surface area contributed by atoms with Crippen molar-refractivity contribution >= 4 is 10.1 Å². The molecule has 0 aromatic rings. The van der Waals surface area contributed by atoms with Crippen molar-refractivity contribution in [2.75, 3.05) is 6.26 Å². The molecule has 1 heterocycles. The van der Waals surface area contributed by atoms with Crippen LogP contribution in [0.15, 0.2) is 0 Å². The molecule has 1 saturated heterocycles. The van der Waals surface area contributed by atoms with Gasteiger partial charge in [0.25, 0.3) is 10.1 Å². The number of hydrogen-bond donors (Lipinski definition) is 2. The van der Waals surface area contributed by atoms with Crippen LogP contribution in [0.25, 0.3) is 0 Å². The van der Waals surface area contributed by atoms with Crippen LogP contribution in [0.3, 0.4) is 0 Å². The summed E-state index contributed by atoms with van der Waals surface area (Å²) in [5.74, 6) is 0. The van der Waals surface area contributed by atoms with E-state index in [1.165, 1.54) is 0 Å². The zero-order chi connectivity index (χ0) is 10.9. The van der Waals surface area contributed by atoms with Gasteiger partial charge in [0.15, 0.2) is 6.29 Å². The van der Waals surface area contributed by atoms with Gasteiger partial charge in [-0.1, -0.05) is 0 Å². The first-order valence-corrected chi connectivity index (χ1v) is 6.01. The lowest BCUT2D eigenvalue weighted by Gasteiger charge is -2.34. The molecule has 0 radical (unpaired) electrons. The minimum Gasteiger partial charge on any atom is -0.385 e. The van der Waals surface area contributed by atoms with Crippen molar-refractivity contribution in [3.05, 3.63) is 0 Å². The van der Waals surface area contributed by atoms with Gasteiger partial charge in [-0.2, -0.15) is 8.42 Å². The van der Waals surface area contributed by atoms with Crippen molar-refractivity contribution in [1.29, 1.82) is 0 Å². The molecule has 0 spiro atoms. The number of hydrogen-bond acceptors (Lipinski definition) is 6. The fourth-order valence-electron chi connectivity index (χ4n) is 1.34. The van der Waals surface area contributed by atoms with Crippen molar-refractivity contribution < 1.29 is 27.6 Å². The minimum atomic E-state index is -3.63. The van der Waals surface area contributed by atoms with E-state index in [1.807, 2.05) is 0 Å². The zero-order valence-electron chi connectivity index (χ0n) is 7.95. The highest BCUT2D eigenvalue weighted by Crippen LogP contribution is 2.22. The Bertz CT molecular complexity index is 287. The third kappa shape index (κ3) is 3.18. The van der Waals surface area contributed by atoms with Crippen LogP contribution in [0.2, 0.25) is 0 Å². The summed E-state index contributed by atoms with van der Waals surface area (Å²) in [6.07, 6.45) is -2.90. The van der Waals surface area contributed by atoms with Crippen LogP contribution in [0, 0.1) is 0 Å². The highest BCUT2D eigenvalue weighted by atomic mass is 32.2. The fourth-order valence-corrected chi connectivity index (χ4v) is 1.99. The topological polar surface area (TPSA) is 93.1 Å². The molecule has 0 aromatic carbocycles. The van der Waals surface area contributed by atoms with Gasteiger partial charge < -0.3 is 14.9 Å². The maximum absolute atomic E-state index is 10.8. The molecule has 0 unspecified atom stereocenters. The lowest BCUT2D eigenvalue weighted by molar-refractivity contribution is -0.237. The summed E-state index contributed by atoms with van der Waals surface area (Å²) in [5.41, 5.74) is 0. The molecule has 7 heteroatoms.